The third-order valence-electron chi connectivity index (χ3n) is 5.99. The van der Waals surface area contributed by atoms with Crippen LogP contribution in [0, 0.1) is 13.8 Å². The molecule has 0 saturated heterocycles. The summed E-state index contributed by atoms with van der Waals surface area (Å²) in [4.78, 5) is 27.1. The predicted octanol–water partition coefficient (Wildman–Crippen LogP) is 5.49. The standard InChI is InChI=1S/C26H24N4O2S/c1-15-16(2)33-25-23(15)24(29-22(30-25)12-17-8-4-3-5-9-17)28-21(26(31)32)13-18-14-27-20-11-7-6-10-19(18)20/h3-11,14,21,27H,12-13H2,1-2H3,(H,31,32)(H,28,29,30). The van der Waals surface area contributed by atoms with Gasteiger partial charge in [-0.3, -0.25) is 0 Å². The average Bonchev–Trinajstić information content (AvgIpc) is 3.34. The van der Waals surface area contributed by atoms with E-state index in [-0.39, 0.29) is 0 Å². The smallest absolute Gasteiger partial charge is 0.326 e. The number of fused-ring (bicyclic) bond motifs is 2. The molecule has 0 aliphatic carbocycles. The minimum atomic E-state index is -0.916. The normalized spacial score (nSPS) is 12.3. The average molecular weight is 457 g/mol. The second-order valence-corrected chi connectivity index (χ2v) is 9.42. The first kappa shape index (κ1) is 21.2. The Morgan fingerprint density at radius 2 is 1.85 bits per heavy atom. The molecule has 3 heterocycles. The SMILES string of the molecule is Cc1sc2nc(Cc3ccccc3)nc(NC(Cc3c[nH]c4ccccc34)C(=O)O)c2c1C. The van der Waals surface area contributed by atoms with E-state index in [0.717, 1.165) is 42.7 Å². The molecule has 0 bridgehead atoms. The van der Waals surface area contributed by atoms with Crippen molar-refractivity contribution in [3.05, 3.63) is 88.2 Å². The molecule has 1 atom stereocenters. The van der Waals surface area contributed by atoms with Crippen molar-refractivity contribution >= 4 is 44.2 Å². The zero-order chi connectivity index (χ0) is 22.9. The van der Waals surface area contributed by atoms with Crippen LogP contribution >= 0.6 is 11.3 Å². The molecular formula is C26H24N4O2S. The van der Waals surface area contributed by atoms with E-state index in [2.05, 4.69) is 17.2 Å². The van der Waals surface area contributed by atoms with E-state index in [4.69, 9.17) is 9.97 Å². The van der Waals surface area contributed by atoms with Crippen LogP contribution in [0.5, 0.6) is 0 Å². The monoisotopic (exact) mass is 456 g/mol. The molecule has 5 aromatic rings. The number of aliphatic carboxylic acids is 1. The fraction of sp³-hybridized carbons (Fsp3) is 0.192. The Morgan fingerprint density at radius 1 is 1.09 bits per heavy atom. The minimum absolute atomic E-state index is 0.334. The second kappa shape index (κ2) is 8.67. The van der Waals surface area contributed by atoms with Crippen LogP contribution in [0.4, 0.5) is 5.82 Å². The van der Waals surface area contributed by atoms with Crippen molar-refractivity contribution in [1.29, 1.82) is 0 Å². The molecule has 2 aromatic carbocycles. The maximum atomic E-state index is 12.3. The Labute approximate surface area is 195 Å². The molecule has 5 rings (SSSR count). The van der Waals surface area contributed by atoms with Crippen LogP contribution in [-0.2, 0) is 17.6 Å². The van der Waals surface area contributed by atoms with Gasteiger partial charge in [0.2, 0.25) is 0 Å². The number of benzene rings is 2. The molecule has 0 radical (unpaired) electrons. The van der Waals surface area contributed by atoms with E-state index in [1.54, 1.807) is 11.3 Å². The number of nitrogens with zero attached hydrogens (tertiary/aromatic N) is 2. The number of carbonyl (C=O) groups is 1. The van der Waals surface area contributed by atoms with Gasteiger partial charge in [0.15, 0.2) is 0 Å². The Hall–Kier alpha value is -3.71. The van der Waals surface area contributed by atoms with Crippen molar-refractivity contribution in [2.75, 3.05) is 5.32 Å². The number of nitrogens with one attached hydrogen (secondary N) is 2. The predicted molar refractivity (Wildman–Crippen MR) is 133 cm³/mol. The molecule has 0 saturated carbocycles. The maximum Gasteiger partial charge on any atom is 0.326 e. The Kier molecular flexibility index (Phi) is 5.56. The van der Waals surface area contributed by atoms with E-state index in [1.807, 2.05) is 67.7 Å². The molecule has 0 fully saturated rings. The highest BCUT2D eigenvalue weighted by Gasteiger charge is 2.23. The number of rotatable bonds is 7. The summed E-state index contributed by atoms with van der Waals surface area (Å²) < 4.78 is 0. The number of aromatic nitrogens is 3. The lowest BCUT2D eigenvalue weighted by molar-refractivity contribution is -0.137. The van der Waals surface area contributed by atoms with Gasteiger partial charge in [-0.2, -0.15) is 0 Å². The van der Waals surface area contributed by atoms with E-state index in [1.165, 1.54) is 0 Å². The molecule has 3 N–H and O–H groups in total. The van der Waals surface area contributed by atoms with Gasteiger partial charge in [0, 0.05) is 34.8 Å². The number of aromatic amines is 1. The maximum absolute atomic E-state index is 12.3. The lowest BCUT2D eigenvalue weighted by Gasteiger charge is -2.17. The molecule has 0 aliphatic heterocycles. The molecule has 0 amide bonds. The Morgan fingerprint density at radius 3 is 2.64 bits per heavy atom. The summed E-state index contributed by atoms with van der Waals surface area (Å²) in [6, 6.07) is 17.2. The third kappa shape index (κ3) is 4.19. The summed E-state index contributed by atoms with van der Waals surface area (Å²) in [6.45, 7) is 4.10. The van der Waals surface area contributed by atoms with Crippen LogP contribution in [0.25, 0.3) is 21.1 Å². The van der Waals surface area contributed by atoms with Gasteiger partial charge in [0.1, 0.15) is 22.5 Å². The van der Waals surface area contributed by atoms with Crippen LogP contribution in [0.3, 0.4) is 0 Å². The zero-order valence-electron chi connectivity index (χ0n) is 18.4. The molecule has 0 aliphatic rings. The van der Waals surface area contributed by atoms with E-state index >= 15 is 0 Å². The topological polar surface area (TPSA) is 90.9 Å². The van der Waals surface area contributed by atoms with Crippen LogP contribution in [0.1, 0.15) is 27.4 Å². The second-order valence-electron chi connectivity index (χ2n) is 8.21. The summed E-state index contributed by atoms with van der Waals surface area (Å²) in [7, 11) is 0. The van der Waals surface area contributed by atoms with E-state index < -0.39 is 12.0 Å². The summed E-state index contributed by atoms with van der Waals surface area (Å²) in [5.41, 5.74) is 4.15. The van der Waals surface area contributed by atoms with Crippen LogP contribution < -0.4 is 5.32 Å². The van der Waals surface area contributed by atoms with Crippen LogP contribution in [0.2, 0.25) is 0 Å². The lowest BCUT2D eigenvalue weighted by atomic mass is 10.0. The Balaban J connectivity index is 1.53. The number of aryl methyl sites for hydroxylation is 2. The number of hydrogen-bond donors (Lipinski definition) is 3. The van der Waals surface area contributed by atoms with Gasteiger partial charge in [0.25, 0.3) is 0 Å². The lowest BCUT2D eigenvalue weighted by Crippen LogP contribution is -2.32. The first-order valence-corrected chi connectivity index (χ1v) is 11.7. The van der Waals surface area contributed by atoms with Gasteiger partial charge in [-0.15, -0.1) is 11.3 Å². The minimum Gasteiger partial charge on any atom is -0.480 e. The summed E-state index contributed by atoms with van der Waals surface area (Å²) in [5, 5.41) is 15.2. The van der Waals surface area contributed by atoms with Crippen molar-refractivity contribution in [2.24, 2.45) is 0 Å². The Bertz CT molecular complexity index is 1460. The molecule has 0 spiro atoms. The number of para-hydroxylation sites is 1. The number of carboxylic acids is 1. The molecule has 7 heteroatoms. The van der Waals surface area contributed by atoms with Crippen molar-refractivity contribution in [3.8, 4) is 0 Å². The first-order chi connectivity index (χ1) is 16.0. The summed E-state index contributed by atoms with van der Waals surface area (Å²) in [5.74, 6) is 0.343. The molecule has 3 aromatic heterocycles. The number of H-pyrrole nitrogens is 1. The number of anilines is 1. The van der Waals surface area contributed by atoms with E-state index in [9.17, 15) is 9.90 Å². The highest BCUT2D eigenvalue weighted by atomic mass is 32.1. The molecular weight excluding hydrogens is 432 g/mol. The number of hydrogen-bond acceptors (Lipinski definition) is 5. The van der Waals surface area contributed by atoms with Crippen molar-refractivity contribution in [2.45, 2.75) is 32.7 Å². The van der Waals surface area contributed by atoms with Crippen molar-refractivity contribution in [1.82, 2.24) is 15.0 Å². The third-order valence-corrected chi connectivity index (χ3v) is 7.09. The molecule has 1 unspecified atom stereocenters. The quantitative estimate of drug-likeness (QED) is 0.301. The highest BCUT2D eigenvalue weighted by molar-refractivity contribution is 7.18. The van der Waals surface area contributed by atoms with Gasteiger partial charge in [-0.1, -0.05) is 48.5 Å². The summed E-state index contributed by atoms with van der Waals surface area (Å²) >= 11 is 1.62. The van der Waals surface area contributed by atoms with Crippen LogP contribution in [-0.4, -0.2) is 32.1 Å². The van der Waals surface area contributed by atoms with Gasteiger partial charge < -0.3 is 15.4 Å². The van der Waals surface area contributed by atoms with Crippen molar-refractivity contribution < 1.29 is 9.90 Å². The number of carboxylic acid groups (broad SMARTS) is 1. The largest absolute Gasteiger partial charge is 0.480 e. The van der Waals surface area contributed by atoms with Crippen LogP contribution in [0.15, 0.2) is 60.8 Å². The molecule has 166 valence electrons. The fourth-order valence-electron chi connectivity index (χ4n) is 4.14. The van der Waals surface area contributed by atoms with E-state index in [0.29, 0.717) is 24.5 Å². The van der Waals surface area contributed by atoms with Gasteiger partial charge in [-0.25, -0.2) is 14.8 Å². The van der Waals surface area contributed by atoms with Gasteiger partial charge in [-0.05, 0) is 36.6 Å². The van der Waals surface area contributed by atoms with Gasteiger partial charge >= 0.3 is 5.97 Å². The highest BCUT2D eigenvalue weighted by Crippen LogP contribution is 2.34. The fourth-order valence-corrected chi connectivity index (χ4v) is 5.19. The molecule has 6 nitrogen and oxygen atoms in total. The van der Waals surface area contributed by atoms with Gasteiger partial charge in [0.05, 0.1) is 5.39 Å². The first-order valence-electron chi connectivity index (χ1n) is 10.8. The number of thiophene rings is 1. The zero-order valence-corrected chi connectivity index (χ0v) is 19.2. The van der Waals surface area contributed by atoms with Crippen molar-refractivity contribution in [3.63, 3.8) is 0 Å². The summed E-state index contributed by atoms with van der Waals surface area (Å²) in [6.07, 6.45) is 2.81. The molecule has 33 heavy (non-hydrogen) atoms.